The van der Waals surface area contributed by atoms with E-state index in [1.54, 1.807) is 19.2 Å². The lowest BCUT2D eigenvalue weighted by molar-refractivity contribution is -0.115. The van der Waals surface area contributed by atoms with E-state index in [9.17, 15) is 4.79 Å². The molecular formula is C16H26N2O3. The molecular weight excluding hydrogens is 268 g/mol. The van der Waals surface area contributed by atoms with Gasteiger partial charge in [-0.2, -0.15) is 0 Å². The van der Waals surface area contributed by atoms with E-state index in [-0.39, 0.29) is 24.5 Å². The Morgan fingerprint density at radius 1 is 1.29 bits per heavy atom. The van der Waals surface area contributed by atoms with E-state index >= 15 is 0 Å². The maximum Gasteiger partial charge on any atom is 0.238 e. The molecule has 21 heavy (non-hydrogen) atoms. The minimum absolute atomic E-state index is 0.0712. The fourth-order valence-corrected chi connectivity index (χ4v) is 2.04. The number of aliphatic hydroxyl groups excluding tert-OH is 1. The average molecular weight is 294 g/mol. The summed E-state index contributed by atoms with van der Waals surface area (Å²) in [5.41, 5.74) is 0.825. The third kappa shape index (κ3) is 7.11. The minimum atomic E-state index is -0.0712. The number of carbonyl (C=O) groups excluding carboxylic acids is 1. The lowest BCUT2D eigenvalue weighted by Gasteiger charge is -2.24. The van der Waals surface area contributed by atoms with E-state index in [1.807, 2.05) is 12.1 Å². The summed E-state index contributed by atoms with van der Waals surface area (Å²) in [5.74, 6) is 0.690. The van der Waals surface area contributed by atoms with E-state index in [0.717, 1.165) is 30.8 Å². The van der Waals surface area contributed by atoms with Crippen molar-refractivity contribution in [3.63, 3.8) is 0 Å². The molecule has 3 N–H and O–H groups in total. The van der Waals surface area contributed by atoms with Crippen LogP contribution in [0.15, 0.2) is 24.3 Å². The molecule has 0 bridgehead atoms. The molecule has 0 fully saturated rings. The van der Waals surface area contributed by atoms with Crippen LogP contribution in [-0.4, -0.2) is 37.8 Å². The lowest BCUT2D eigenvalue weighted by Crippen LogP contribution is -2.35. The van der Waals surface area contributed by atoms with Crippen molar-refractivity contribution in [1.29, 1.82) is 0 Å². The second kappa shape index (κ2) is 8.64. The maximum absolute atomic E-state index is 11.8. The largest absolute Gasteiger partial charge is 0.497 e. The van der Waals surface area contributed by atoms with Crippen LogP contribution in [0.3, 0.4) is 0 Å². The predicted molar refractivity (Wildman–Crippen MR) is 84.6 cm³/mol. The molecule has 0 atom stereocenters. The Labute approximate surface area is 126 Å². The SMILES string of the molecule is COc1ccc(NC(=O)CNCC(C)(C)CCCO)cc1. The fraction of sp³-hybridized carbons (Fsp3) is 0.562. The van der Waals surface area contributed by atoms with E-state index in [2.05, 4.69) is 24.5 Å². The van der Waals surface area contributed by atoms with E-state index in [1.165, 1.54) is 0 Å². The Morgan fingerprint density at radius 2 is 1.95 bits per heavy atom. The molecule has 0 saturated heterocycles. The Bertz CT molecular complexity index is 430. The minimum Gasteiger partial charge on any atom is -0.497 e. The van der Waals surface area contributed by atoms with Gasteiger partial charge in [-0.15, -0.1) is 0 Å². The predicted octanol–water partition coefficient (Wildman–Crippen LogP) is 2.02. The molecule has 5 nitrogen and oxygen atoms in total. The van der Waals surface area contributed by atoms with Gasteiger partial charge in [0.2, 0.25) is 5.91 Å². The molecule has 5 heteroatoms. The van der Waals surface area contributed by atoms with Crippen LogP contribution in [0.2, 0.25) is 0 Å². The van der Waals surface area contributed by atoms with Gasteiger partial charge in [0.15, 0.2) is 0 Å². The second-order valence-corrected chi connectivity index (χ2v) is 5.87. The van der Waals surface area contributed by atoms with Crippen molar-refractivity contribution >= 4 is 11.6 Å². The zero-order chi connectivity index (χ0) is 15.7. The molecule has 0 saturated carbocycles. The summed E-state index contributed by atoms with van der Waals surface area (Å²) in [6.45, 7) is 5.47. The van der Waals surface area contributed by atoms with Crippen LogP contribution in [0.4, 0.5) is 5.69 Å². The topological polar surface area (TPSA) is 70.6 Å². The quantitative estimate of drug-likeness (QED) is 0.651. The first-order valence-electron chi connectivity index (χ1n) is 7.22. The number of hydrogen-bond acceptors (Lipinski definition) is 4. The Kier molecular flexibility index (Phi) is 7.19. The van der Waals surface area contributed by atoms with Crippen LogP contribution in [-0.2, 0) is 4.79 Å². The summed E-state index contributed by atoms with van der Waals surface area (Å²) >= 11 is 0. The second-order valence-electron chi connectivity index (χ2n) is 5.87. The number of carbonyl (C=O) groups is 1. The zero-order valence-corrected chi connectivity index (χ0v) is 13.1. The molecule has 0 aliphatic carbocycles. The van der Waals surface area contributed by atoms with Gasteiger partial charge in [-0.05, 0) is 42.5 Å². The number of hydrogen-bond donors (Lipinski definition) is 3. The number of nitrogens with one attached hydrogen (secondary N) is 2. The van der Waals surface area contributed by atoms with Gasteiger partial charge in [0, 0.05) is 18.8 Å². The van der Waals surface area contributed by atoms with Crippen molar-refractivity contribution in [2.75, 3.05) is 32.1 Å². The van der Waals surface area contributed by atoms with E-state index < -0.39 is 0 Å². The van der Waals surface area contributed by atoms with Gasteiger partial charge in [0.1, 0.15) is 5.75 Å². The van der Waals surface area contributed by atoms with Crippen LogP contribution in [0.1, 0.15) is 26.7 Å². The fourth-order valence-electron chi connectivity index (χ4n) is 2.04. The molecule has 0 heterocycles. The molecule has 1 rings (SSSR count). The van der Waals surface area contributed by atoms with Crippen molar-refractivity contribution in [2.45, 2.75) is 26.7 Å². The molecule has 0 aromatic heterocycles. The highest BCUT2D eigenvalue weighted by Gasteiger charge is 2.17. The number of rotatable bonds is 9. The van der Waals surface area contributed by atoms with E-state index in [4.69, 9.17) is 9.84 Å². The summed E-state index contributed by atoms with van der Waals surface area (Å²) in [5, 5.41) is 14.8. The van der Waals surface area contributed by atoms with Gasteiger partial charge in [-0.1, -0.05) is 13.8 Å². The number of anilines is 1. The maximum atomic E-state index is 11.8. The number of benzene rings is 1. The Morgan fingerprint density at radius 3 is 2.52 bits per heavy atom. The summed E-state index contributed by atoms with van der Waals surface area (Å²) in [6.07, 6.45) is 1.71. The van der Waals surface area contributed by atoms with Crippen LogP contribution in [0.5, 0.6) is 5.75 Å². The summed E-state index contributed by atoms with van der Waals surface area (Å²) in [6, 6.07) is 7.23. The molecule has 0 aliphatic rings. The number of methoxy groups -OCH3 is 1. The smallest absolute Gasteiger partial charge is 0.238 e. The third-order valence-corrected chi connectivity index (χ3v) is 3.27. The molecule has 1 aromatic rings. The monoisotopic (exact) mass is 294 g/mol. The van der Waals surface area contributed by atoms with Gasteiger partial charge in [-0.25, -0.2) is 0 Å². The lowest BCUT2D eigenvalue weighted by atomic mass is 9.88. The Balaban J connectivity index is 2.30. The first-order valence-corrected chi connectivity index (χ1v) is 7.22. The molecule has 118 valence electrons. The van der Waals surface area contributed by atoms with Crippen molar-refractivity contribution in [1.82, 2.24) is 5.32 Å². The van der Waals surface area contributed by atoms with Crippen LogP contribution in [0.25, 0.3) is 0 Å². The van der Waals surface area contributed by atoms with Gasteiger partial charge in [0.25, 0.3) is 0 Å². The standard InChI is InChI=1S/C16H26N2O3/c1-16(2,9-4-10-19)12-17-11-15(20)18-13-5-7-14(21-3)8-6-13/h5-8,17,19H,4,9-12H2,1-3H3,(H,18,20). The number of amides is 1. The molecule has 1 amide bonds. The zero-order valence-electron chi connectivity index (χ0n) is 13.1. The Hall–Kier alpha value is -1.59. The molecule has 0 spiro atoms. The normalized spacial score (nSPS) is 11.2. The number of ether oxygens (including phenoxy) is 1. The van der Waals surface area contributed by atoms with Gasteiger partial charge in [0.05, 0.1) is 13.7 Å². The summed E-state index contributed by atoms with van der Waals surface area (Å²) < 4.78 is 5.07. The molecule has 1 aromatic carbocycles. The van der Waals surface area contributed by atoms with Crippen molar-refractivity contribution in [2.24, 2.45) is 5.41 Å². The average Bonchev–Trinajstić information content (AvgIpc) is 2.46. The van der Waals surface area contributed by atoms with Crippen LogP contribution >= 0.6 is 0 Å². The highest BCUT2D eigenvalue weighted by atomic mass is 16.5. The molecule has 0 radical (unpaired) electrons. The van der Waals surface area contributed by atoms with Crippen molar-refractivity contribution in [3.8, 4) is 5.75 Å². The highest BCUT2D eigenvalue weighted by molar-refractivity contribution is 5.92. The highest BCUT2D eigenvalue weighted by Crippen LogP contribution is 2.20. The van der Waals surface area contributed by atoms with E-state index in [0.29, 0.717) is 0 Å². The van der Waals surface area contributed by atoms with Crippen LogP contribution < -0.4 is 15.4 Å². The van der Waals surface area contributed by atoms with Crippen LogP contribution in [0, 0.1) is 5.41 Å². The van der Waals surface area contributed by atoms with Gasteiger partial charge < -0.3 is 20.5 Å². The van der Waals surface area contributed by atoms with Crippen molar-refractivity contribution in [3.05, 3.63) is 24.3 Å². The summed E-state index contributed by atoms with van der Waals surface area (Å²) in [4.78, 5) is 11.8. The van der Waals surface area contributed by atoms with Gasteiger partial charge in [-0.3, -0.25) is 4.79 Å². The third-order valence-electron chi connectivity index (χ3n) is 3.27. The number of aliphatic hydroxyl groups is 1. The molecule has 0 unspecified atom stereocenters. The van der Waals surface area contributed by atoms with Gasteiger partial charge >= 0.3 is 0 Å². The summed E-state index contributed by atoms with van der Waals surface area (Å²) in [7, 11) is 1.61. The first-order chi connectivity index (χ1) is 9.96. The molecule has 0 aliphatic heterocycles. The van der Waals surface area contributed by atoms with Crippen molar-refractivity contribution < 1.29 is 14.6 Å². The first kappa shape index (κ1) is 17.5.